The molecule has 1 amide bonds. The lowest BCUT2D eigenvalue weighted by atomic mass is 10.3. The third-order valence-corrected chi connectivity index (χ3v) is 2.25. The number of carbonyl (C=O) groups is 1. The molecule has 0 aromatic rings. The molecule has 0 heterocycles. The van der Waals surface area contributed by atoms with Crippen molar-refractivity contribution in [3.05, 3.63) is 12.2 Å². The average Bonchev–Trinajstić information content (AvgIpc) is 2.04. The molecule has 0 aliphatic carbocycles. The fraction of sp³-hybridized carbons (Fsp3) is 0.700. The molecule has 0 rings (SSSR count). The monoisotopic (exact) mass is 185 g/mol. The minimum Gasteiger partial charge on any atom is -0.347 e. The summed E-state index contributed by atoms with van der Waals surface area (Å²) in [7, 11) is 4.29. The highest BCUT2D eigenvalue weighted by atomic mass is 16.1. The highest BCUT2D eigenvalue weighted by Crippen LogP contribution is 1.93. The van der Waals surface area contributed by atoms with Crippen LogP contribution in [-0.4, -0.2) is 44.1 Å². The lowest BCUT2D eigenvalue weighted by Gasteiger charge is -2.28. The predicted octanol–water partition coefficient (Wildman–Crippen LogP) is 0.775. The molecule has 0 aliphatic heterocycles. The van der Waals surface area contributed by atoms with Gasteiger partial charge in [-0.1, -0.05) is 6.58 Å². The molecule has 3 nitrogen and oxygen atoms in total. The zero-order valence-electron chi connectivity index (χ0n) is 9.18. The van der Waals surface area contributed by atoms with Crippen molar-refractivity contribution in [2.45, 2.75) is 13.8 Å². The van der Waals surface area contributed by atoms with E-state index < -0.39 is 0 Å². The fourth-order valence-corrected chi connectivity index (χ4v) is 0.781. The molecule has 1 N–H and O–H groups in total. The first-order chi connectivity index (χ1) is 5.89. The predicted molar refractivity (Wildman–Crippen MR) is 55.3 cm³/mol. The Morgan fingerprint density at radius 2 is 2.00 bits per heavy atom. The van der Waals surface area contributed by atoms with E-state index in [2.05, 4.69) is 32.9 Å². The standard InChI is InChI=1S/C10H20N2O/c1-6-12(4,5)8-7-11-10(13)9(2)3/h2,6-8H2,1,3-5H3/p+1. The second kappa shape index (κ2) is 5.02. The van der Waals surface area contributed by atoms with E-state index in [9.17, 15) is 4.79 Å². The maximum absolute atomic E-state index is 11.1. The van der Waals surface area contributed by atoms with Crippen LogP contribution in [0.2, 0.25) is 0 Å². The maximum atomic E-state index is 11.1. The Morgan fingerprint density at radius 1 is 1.46 bits per heavy atom. The minimum atomic E-state index is -0.0453. The molecule has 0 aliphatic rings. The molecule has 0 aromatic heterocycles. The van der Waals surface area contributed by atoms with Crippen molar-refractivity contribution in [3.63, 3.8) is 0 Å². The van der Waals surface area contributed by atoms with Crippen LogP contribution in [0.5, 0.6) is 0 Å². The normalized spacial score (nSPS) is 11.1. The quantitative estimate of drug-likeness (QED) is 0.497. The summed E-state index contributed by atoms with van der Waals surface area (Å²) in [4.78, 5) is 11.1. The Hall–Kier alpha value is -0.830. The fourth-order valence-electron chi connectivity index (χ4n) is 0.781. The van der Waals surface area contributed by atoms with Gasteiger partial charge in [-0.3, -0.25) is 4.79 Å². The zero-order valence-corrected chi connectivity index (χ0v) is 9.18. The Balaban J connectivity index is 3.68. The van der Waals surface area contributed by atoms with Gasteiger partial charge in [-0.2, -0.15) is 0 Å². The van der Waals surface area contributed by atoms with Crippen molar-refractivity contribution in [1.29, 1.82) is 0 Å². The van der Waals surface area contributed by atoms with Crippen LogP contribution in [0, 0.1) is 0 Å². The molecule has 0 saturated heterocycles. The van der Waals surface area contributed by atoms with Gasteiger partial charge in [-0.15, -0.1) is 0 Å². The first-order valence-electron chi connectivity index (χ1n) is 4.65. The Morgan fingerprint density at radius 3 is 2.38 bits per heavy atom. The Labute approximate surface area is 81.0 Å². The molecular formula is C10H21N2O+. The number of nitrogens with zero attached hydrogens (tertiary/aromatic N) is 1. The van der Waals surface area contributed by atoms with Crippen molar-refractivity contribution in [2.75, 3.05) is 33.7 Å². The van der Waals surface area contributed by atoms with Crippen LogP contribution in [0.3, 0.4) is 0 Å². The van der Waals surface area contributed by atoms with Gasteiger partial charge < -0.3 is 9.80 Å². The molecule has 0 fully saturated rings. The molecule has 13 heavy (non-hydrogen) atoms. The van der Waals surface area contributed by atoms with Crippen LogP contribution < -0.4 is 5.32 Å². The number of likely N-dealkylation sites (N-methyl/N-ethyl adjacent to an activating group) is 1. The summed E-state index contributed by atoms with van der Waals surface area (Å²) in [5.74, 6) is -0.0453. The molecule has 0 atom stereocenters. The van der Waals surface area contributed by atoms with Gasteiger partial charge in [0, 0.05) is 5.57 Å². The second-order valence-corrected chi connectivity index (χ2v) is 4.01. The minimum absolute atomic E-state index is 0.0453. The van der Waals surface area contributed by atoms with E-state index in [-0.39, 0.29) is 5.91 Å². The smallest absolute Gasteiger partial charge is 0.246 e. The number of hydrogen-bond acceptors (Lipinski definition) is 1. The number of carbonyl (C=O) groups excluding carboxylic acids is 1. The van der Waals surface area contributed by atoms with Gasteiger partial charge in [0.25, 0.3) is 0 Å². The van der Waals surface area contributed by atoms with E-state index in [0.29, 0.717) is 12.1 Å². The van der Waals surface area contributed by atoms with Gasteiger partial charge >= 0.3 is 0 Å². The molecule has 0 aromatic carbocycles. The van der Waals surface area contributed by atoms with E-state index in [0.717, 1.165) is 17.6 Å². The second-order valence-electron chi connectivity index (χ2n) is 4.01. The van der Waals surface area contributed by atoms with Crippen molar-refractivity contribution in [1.82, 2.24) is 5.32 Å². The van der Waals surface area contributed by atoms with E-state index in [1.54, 1.807) is 6.92 Å². The number of quaternary nitrogens is 1. The van der Waals surface area contributed by atoms with Crippen LogP contribution in [0.15, 0.2) is 12.2 Å². The molecule has 3 heteroatoms. The Kier molecular flexibility index (Phi) is 4.70. The molecular weight excluding hydrogens is 164 g/mol. The molecule has 0 saturated carbocycles. The van der Waals surface area contributed by atoms with Gasteiger partial charge in [0.15, 0.2) is 0 Å². The third kappa shape index (κ3) is 5.42. The average molecular weight is 185 g/mol. The molecule has 0 spiro atoms. The summed E-state index contributed by atoms with van der Waals surface area (Å²) in [5, 5.41) is 2.82. The van der Waals surface area contributed by atoms with Gasteiger partial charge in [0.2, 0.25) is 5.91 Å². The SMILES string of the molecule is C=C(C)C(=O)NCC[N+](C)(C)CC. The summed E-state index contributed by atoms with van der Waals surface area (Å²) in [6, 6.07) is 0. The van der Waals surface area contributed by atoms with Crippen LogP contribution in [0.25, 0.3) is 0 Å². The van der Waals surface area contributed by atoms with Gasteiger partial charge in [-0.25, -0.2) is 0 Å². The van der Waals surface area contributed by atoms with Crippen molar-refractivity contribution in [3.8, 4) is 0 Å². The number of hydrogen-bond donors (Lipinski definition) is 1. The van der Waals surface area contributed by atoms with Crippen LogP contribution >= 0.6 is 0 Å². The first kappa shape index (κ1) is 12.2. The highest BCUT2D eigenvalue weighted by molar-refractivity contribution is 5.91. The molecule has 0 radical (unpaired) electrons. The topological polar surface area (TPSA) is 29.1 Å². The van der Waals surface area contributed by atoms with Gasteiger partial charge in [0.1, 0.15) is 0 Å². The summed E-state index contributed by atoms with van der Waals surface area (Å²) in [6.07, 6.45) is 0. The number of nitrogens with one attached hydrogen (secondary N) is 1. The third-order valence-electron chi connectivity index (χ3n) is 2.25. The van der Waals surface area contributed by atoms with Crippen LogP contribution in [0.4, 0.5) is 0 Å². The summed E-state index contributed by atoms with van der Waals surface area (Å²) >= 11 is 0. The van der Waals surface area contributed by atoms with Gasteiger partial charge in [-0.05, 0) is 13.8 Å². The van der Waals surface area contributed by atoms with E-state index >= 15 is 0 Å². The number of rotatable bonds is 5. The lowest BCUT2D eigenvalue weighted by Crippen LogP contribution is -2.45. The van der Waals surface area contributed by atoms with E-state index in [1.807, 2.05) is 0 Å². The summed E-state index contributed by atoms with van der Waals surface area (Å²) in [6.45, 7) is 10.2. The van der Waals surface area contributed by atoms with Crippen molar-refractivity contribution < 1.29 is 9.28 Å². The van der Waals surface area contributed by atoms with Crippen LogP contribution in [-0.2, 0) is 4.79 Å². The Bertz CT molecular complexity index is 197. The lowest BCUT2D eigenvalue weighted by molar-refractivity contribution is -0.887. The molecule has 0 unspecified atom stereocenters. The number of amides is 1. The van der Waals surface area contributed by atoms with Crippen LogP contribution in [0.1, 0.15) is 13.8 Å². The highest BCUT2D eigenvalue weighted by Gasteiger charge is 2.11. The summed E-state index contributed by atoms with van der Waals surface area (Å²) < 4.78 is 0.927. The van der Waals surface area contributed by atoms with Gasteiger partial charge in [0.05, 0.1) is 33.7 Å². The van der Waals surface area contributed by atoms with E-state index in [4.69, 9.17) is 0 Å². The molecule has 76 valence electrons. The zero-order chi connectivity index (χ0) is 10.5. The van der Waals surface area contributed by atoms with Crippen molar-refractivity contribution in [2.24, 2.45) is 0 Å². The maximum Gasteiger partial charge on any atom is 0.246 e. The molecule has 0 bridgehead atoms. The largest absolute Gasteiger partial charge is 0.347 e. The van der Waals surface area contributed by atoms with E-state index in [1.165, 1.54) is 0 Å². The first-order valence-corrected chi connectivity index (χ1v) is 4.65. The summed E-state index contributed by atoms with van der Waals surface area (Å²) in [5.41, 5.74) is 0.571. The van der Waals surface area contributed by atoms with Crippen molar-refractivity contribution >= 4 is 5.91 Å².